The van der Waals surface area contributed by atoms with E-state index in [-0.39, 0.29) is 17.2 Å². The van der Waals surface area contributed by atoms with Gasteiger partial charge in [-0.05, 0) is 26.0 Å². The van der Waals surface area contributed by atoms with E-state index in [4.69, 9.17) is 9.15 Å². The number of nitrogens with one attached hydrogen (secondary N) is 1. The Hall–Kier alpha value is -3.35. The van der Waals surface area contributed by atoms with Crippen LogP contribution < -0.4 is 15.5 Å². The monoisotopic (exact) mass is 353 g/mol. The van der Waals surface area contributed by atoms with E-state index >= 15 is 0 Å². The number of aryl methyl sites for hydroxylation is 1. The molecule has 26 heavy (non-hydrogen) atoms. The Morgan fingerprint density at radius 3 is 2.85 bits per heavy atom. The van der Waals surface area contributed by atoms with Gasteiger partial charge in [0.2, 0.25) is 0 Å². The Morgan fingerprint density at radius 2 is 2.12 bits per heavy atom. The fourth-order valence-corrected chi connectivity index (χ4v) is 2.52. The predicted molar refractivity (Wildman–Crippen MR) is 95.7 cm³/mol. The van der Waals surface area contributed by atoms with Gasteiger partial charge in [0, 0.05) is 30.0 Å². The highest BCUT2D eigenvalue weighted by Crippen LogP contribution is 2.18. The summed E-state index contributed by atoms with van der Waals surface area (Å²) in [5.74, 6) is 0.658. The molecule has 0 spiro atoms. The maximum absolute atomic E-state index is 12.3. The average molecular weight is 353 g/mol. The second-order valence-electron chi connectivity index (χ2n) is 5.88. The largest absolute Gasteiger partial charge is 0.497 e. The van der Waals surface area contributed by atoms with Gasteiger partial charge in [0.1, 0.15) is 11.5 Å². The van der Waals surface area contributed by atoms with Crippen molar-refractivity contribution in [2.45, 2.75) is 19.9 Å². The van der Waals surface area contributed by atoms with Crippen LogP contribution in [0.4, 0.5) is 0 Å². The molecule has 0 radical (unpaired) electrons. The Balaban J connectivity index is 1.76. The van der Waals surface area contributed by atoms with E-state index in [0.717, 1.165) is 17.0 Å². The van der Waals surface area contributed by atoms with E-state index in [2.05, 4.69) is 10.4 Å². The first-order valence-electron chi connectivity index (χ1n) is 8.08. The van der Waals surface area contributed by atoms with Gasteiger partial charge in [-0.25, -0.2) is 4.68 Å². The van der Waals surface area contributed by atoms with Crippen LogP contribution >= 0.6 is 0 Å². The second kappa shape index (κ2) is 7.26. The molecule has 7 nitrogen and oxygen atoms in total. The molecule has 1 amide bonds. The van der Waals surface area contributed by atoms with Crippen molar-refractivity contribution in [2.75, 3.05) is 7.11 Å². The zero-order chi connectivity index (χ0) is 18.7. The van der Waals surface area contributed by atoms with Gasteiger partial charge < -0.3 is 14.5 Å². The lowest BCUT2D eigenvalue weighted by atomic mass is 10.2. The topological polar surface area (TPSA) is 86.4 Å². The molecule has 0 unspecified atom stereocenters. The average Bonchev–Trinajstić information content (AvgIpc) is 3.11. The zero-order valence-corrected chi connectivity index (χ0v) is 14.7. The molecule has 0 aliphatic heterocycles. The maximum atomic E-state index is 12.3. The van der Waals surface area contributed by atoms with Crippen LogP contribution in [0.3, 0.4) is 0 Å². The van der Waals surface area contributed by atoms with Crippen molar-refractivity contribution in [1.29, 1.82) is 0 Å². The zero-order valence-electron chi connectivity index (χ0n) is 14.7. The quantitative estimate of drug-likeness (QED) is 0.762. The van der Waals surface area contributed by atoms with Crippen LogP contribution in [0.5, 0.6) is 5.75 Å². The van der Waals surface area contributed by atoms with E-state index in [1.807, 2.05) is 37.4 Å². The van der Waals surface area contributed by atoms with Crippen LogP contribution in [0.2, 0.25) is 0 Å². The first-order valence-corrected chi connectivity index (χ1v) is 8.08. The Kier molecular flexibility index (Phi) is 4.88. The predicted octanol–water partition coefficient (Wildman–Crippen LogP) is 2.63. The van der Waals surface area contributed by atoms with E-state index in [1.165, 1.54) is 12.1 Å². The summed E-state index contributed by atoms with van der Waals surface area (Å²) in [6.45, 7) is 3.46. The van der Waals surface area contributed by atoms with Crippen LogP contribution in [0.1, 0.15) is 34.8 Å². The molecule has 7 heteroatoms. The summed E-state index contributed by atoms with van der Waals surface area (Å²) in [7, 11) is 1.61. The van der Waals surface area contributed by atoms with Crippen LogP contribution in [0, 0.1) is 6.92 Å². The van der Waals surface area contributed by atoms with Gasteiger partial charge in [0.15, 0.2) is 11.2 Å². The van der Waals surface area contributed by atoms with Crippen molar-refractivity contribution in [3.05, 3.63) is 76.1 Å². The highest BCUT2D eigenvalue weighted by Gasteiger charge is 2.16. The number of benzene rings is 1. The van der Waals surface area contributed by atoms with Gasteiger partial charge >= 0.3 is 0 Å². The van der Waals surface area contributed by atoms with Crippen molar-refractivity contribution >= 4 is 5.91 Å². The minimum atomic E-state index is -0.451. The number of amides is 1. The fraction of sp³-hybridized carbons (Fsp3) is 0.211. The number of hydrogen-bond donors (Lipinski definition) is 1. The molecule has 0 aliphatic carbocycles. The molecule has 0 saturated carbocycles. The van der Waals surface area contributed by atoms with E-state index in [0.29, 0.717) is 5.76 Å². The third kappa shape index (κ3) is 3.83. The number of ether oxygens (including phenoxy) is 1. The number of hydrogen-bond acceptors (Lipinski definition) is 5. The number of methoxy groups -OCH3 is 1. The van der Waals surface area contributed by atoms with Crippen molar-refractivity contribution in [2.24, 2.45) is 0 Å². The highest BCUT2D eigenvalue weighted by atomic mass is 16.5. The third-order valence-corrected chi connectivity index (χ3v) is 3.88. The van der Waals surface area contributed by atoms with Gasteiger partial charge in [0.05, 0.1) is 25.0 Å². The van der Waals surface area contributed by atoms with E-state index in [9.17, 15) is 9.59 Å². The molecule has 0 aliphatic rings. The number of aromatic nitrogens is 2. The lowest BCUT2D eigenvalue weighted by Gasteiger charge is -2.11. The van der Waals surface area contributed by atoms with E-state index in [1.54, 1.807) is 24.9 Å². The molecule has 0 fully saturated rings. The fourth-order valence-electron chi connectivity index (χ4n) is 2.52. The molecule has 3 rings (SSSR count). The smallest absolute Gasteiger partial charge is 0.287 e. The van der Waals surface area contributed by atoms with Crippen molar-refractivity contribution in [1.82, 2.24) is 15.1 Å². The van der Waals surface area contributed by atoms with Crippen LogP contribution in [0.25, 0.3) is 5.69 Å². The molecular formula is C19H19N3O4. The van der Waals surface area contributed by atoms with Crippen molar-refractivity contribution < 1.29 is 13.9 Å². The summed E-state index contributed by atoms with van der Waals surface area (Å²) in [6.07, 6.45) is 3.50. The molecule has 2 heterocycles. The van der Waals surface area contributed by atoms with Gasteiger partial charge in [-0.1, -0.05) is 6.07 Å². The summed E-state index contributed by atoms with van der Waals surface area (Å²) in [6, 6.07) is 9.69. The van der Waals surface area contributed by atoms with Crippen LogP contribution in [-0.4, -0.2) is 22.8 Å². The molecule has 2 aromatic heterocycles. The van der Waals surface area contributed by atoms with Crippen LogP contribution in [0.15, 0.2) is 58.0 Å². The molecular weight excluding hydrogens is 334 g/mol. The summed E-state index contributed by atoms with van der Waals surface area (Å²) in [5.41, 5.74) is 1.40. The number of carbonyl (C=O) groups is 1. The molecule has 1 atom stereocenters. The number of nitrogens with zero attached hydrogens (tertiary/aromatic N) is 2. The third-order valence-electron chi connectivity index (χ3n) is 3.88. The lowest BCUT2D eigenvalue weighted by molar-refractivity contribution is 0.0907. The first-order chi connectivity index (χ1) is 12.5. The normalized spacial score (nSPS) is 11.8. The first kappa shape index (κ1) is 17.5. The number of rotatable bonds is 5. The van der Waals surface area contributed by atoms with Gasteiger partial charge in [-0.15, -0.1) is 0 Å². The summed E-state index contributed by atoms with van der Waals surface area (Å²) < 4.78 is 12.2. The standard InChI is InChI=1S/C19H19N3O4/c1-12-7-16(23)9-18(26-12)19(24)21-13(2)14-10-20-22(11-14)15-5-4-6-17(8-15)25-3/h4-11,13H,1-3H3,(H,21,24)/t13-/m1/s1. The Morgan fingerprint density at radius 1 is 1.31 bits per heavy atom. The van der Waals surface area contributed by atoms with Crippen molar-refractivity contribution in [3.63, 3.8) is 0 Å². The number of carbonyl (C=O) groups excluding carboxylic acids is 1. The molecule has 1 aromatic carbocycles. The van der Waals surface area contributed by atoms with Gasteiger partial charge in [-0.2, -0.15) is 5.10 Å². The highest BCUT2D eigenvalue weighted by molar-refractivity contribution is 5.91. The molecule has 0 bridgehead atoms. The molecule has 1 N–H and O–H groups in total. The van der Waals surface area contributed by atoms with Gasteiger partial charge in [-0.3, -0.25) is 9.59 Å². The van der Waals surface area contributed by atoms with E-state index < -0.39 is 5.91 Å². The summed E-state index contributed by atoms with van der Waals surface area (Å²) in [4.78, 5) is 23.8. The molecule has 0 saturated heterocycles. The molecule has 134 valence electrons. The van der Waals surface area contributed by atoms with Gasteiger partial charge in [0.25, 0.3) is 5.91 Å². The van der Waals surface area contributed by atoms with Crippen LogP contribution in [-0.2, 0) is 0 Å². The second-order valence-corrected chi connectivity index (χ2v) is 5.88. The minimum absolute atomic E-state index is 0.0120. The SMILES string of the molecule is COc1cccc(-n2cc([C@@H](C)NC(=O)c3cc(=O)cc(C)o3)cn2)c1. The minimum Gasteiger partial charge on any atom is -0.497 e. The maximum Gasteiger partial charge on any atom is 0.287 e. The molecule has 3 aromatic rings. The summed E-state index contributed by atoms with van der Waals surface area (Å²) >= 11 is 0. The Bertz CT molecular complexity index is 990. The Labute approximate surface area is 150 Å². The van der Waals surface area contributed by atoms with Crippen molar-refractivity contribution in [3.8, 4) is 11.4 Å². The summed E-state index contributed by atoms with van der Waals surface area (Å²) in [5, 5.41) is 7.13. The lowest BCUT2D eigenvalue weighted by Crippen LogP contribution is -2.27.